The molecule has 0 N–H and O–H groups in total. The van der Waals surface area contributed by atoms with Crippen molar-refractivity contribution in [3.63, 3.8) is 0 Å². The lowest BCUT2D eigenvalue weighted by Crippen LogP contribution is -2.03. The average molecular weight is 335 g/mol. The predicted octanol–water partition coefficient (Wildman–Crippen LogP) is 4.73. The fourth-order valence-corrected chi connectivity index (χ4v) is 2.79. The summed E-state index contributed by atoms with van der Waals surface area (Å²) >= 11 is 1.57. The van der Waals surface area contributed by atoms with Crippen molar-refractivity contribution < 1.29 is 13.2 Å². The summed E-state index contributed by atoms with van der Waals surface area (Å²) in [5.41, 5.74) is -0.00582. The summed E-state index contributed by atoms with van der Waals surface area (Å²) < 4.78 is 39.2. The van der Waals surface area contributed by atoms with Crippen molar-refractivity contribution in [2.45, 2.75) is 6.18 Å². The zero-order valence-electron chi connectivity index (χ0n) is 12.1. The minimum atomic E-state index is -4.32. The summed E-state index contributed by atoms with van der Waals surface area (Å²) in [5, 5.41) is 6.24. The van der Waals surface area contributed by atoms with Gasteiger partial charge in [-0.1, -0.05) is 24.3 Å². The average Bonchev–Trinajstić information content (AvgIpc) is 3.14. The molecule has 0 radical (unpaired) electrons. The number of hydrogen-bond donors (Lipinski definition) is 0. The van der Waals surface area contributed by atoms with Gasteiger partial charge in [-0.25, -0.2) is 9.67 Å². The molecule has 3 nitrogen and oxygen atoms in total. The second-order valence-corrected chi connectivity index (χ2v) is 5.80. The molecule has 7 heteroatoms. The van der Waals surface area contributed by atoms with Crippen LogP contribution in [0.3, 0.4) is 0 Å². The largest absolute Gasteiger partial charge is 0.416 e. The normalized spacial score (nSPS) is 12.2. The number of thiophene rings is 1. The number of halogens is 3. The number of nitrogens with zero attached hydrogens (tertiary/aromatic N) is 3. The van der Waals surface area contributed by atoms with Crippen LogP contribution in [0.4, 0.5) is 13.2 Å². The van der Waals surface area contributed by atoms with Crippen molar-refractivity contribution in [1.29, 1.82) is 0 Å². The van der Waals surface area contributed by atoms with Gasteiger partial charge in [-0.3, -0.25) is 0 Å². The lowest BCUT2D eigenvalue weighted by atomic mass is 10.1. The molecule has 2 aromatic heterocycles. The first-order valence-corrected chi connectivity index (χ1v) is 7.62. The van der Waals surface area contributed by atoms with Crippen LogP contribution in [-0.2, 0) is 13.2 Å². The van der Waals surface area contributed by atoms with Gasteiger partial charge in [0.05, 0.1) is 10.4 Å². The van der Waals surface area contributed by atoms with E-state index in [-0.39, 0.29) is 0 Å². The minimum absolute atomic E-state index is 0.510. The second kappa shape index (κ2) is 6.00. The first-order chi connectivity index (χ1) is 10.9. The van der Waals surface area contributed by atoms with Crippen LogP contribution < -0.4 is 0 Å². The molecule has 3 aromatic rings. The van der Waals surface area contributed by atoms with Crippen molar-refractivity contribution in [2.75, 3.05) is 0 Å². The Morgan fingerprint density at radius 1 is 1.09 bits per heavy atom. The molecule has 0 bridgehead atoms. The molecule has 1 aromatic carbocycles. The van der Waals surface area contributed by atoms with Gasteiger partial charge in [0.15, 0.2) is 11.6 Å². The van der Waals surface area contributed by atoms with Gasteiger partial charge in [0.1, 0.15) is 0 Å². The summed E-state index contributed by atoms with van der Waals surface area (Å²) in [6.07, 6.45) is -0.951. The van der Waals surface area contributed by atoms with Gasteiger partial charge in [-0.2, -0.15) is 18.3 Å². The highest BCUT2D eigenvalue weighted by atomic mass is 32.1. The highest BCUT2D eigenvalue weighted by Crippen LogP contribution is 2.29. The summed E-state index contributed by atoms with van der Waals surface area (Å²) in [4.78, 5) is 5.43. The highest BCUT2D eigenvalue weighted by molar-refractivity contribution is 7.13. The van der Waals surface area contributed by atoms with Crippen LogP contribution in [0.2, 0.25) is 0 Å². The van der Waals surface area contributed by atoms with Gasteiger partial charge in [0.2, 0.25) is 0 Å². The number of hydrogen-bond acceptors (Lipinski definition) is 3. The smallest absolute Gasteiger partial charge is 0.248 e. The van der Waals surface area contributed by atoms with E-state index in [4.69, 9.17) is 0 Å². The molecule has 118 valence electrons. The Morgan fingerprint density at radius 2 is 1.83 bits per heavy atom. The Hall–Kier alpha value is -2.41. The molecule has 0 aliphatic rings. The summed E-state index contributed by atoms with van der Waals surface area (Å²) in [5.74, 6) is 1.27. The van der Waals surface area contributed by atoms with E-state index in [1.54, 1.807) is 35.2 Å². The van der Waals surface area contributed by atoms with Gasteiger partial charge in [-0.05, 0) is 35.2 Å². The van der Waals surface area contributed by atoms with Crippen molar-refractivity contribution in [1.82, 2.24) is 14.8 Å². The predicted molar refractivity (Wildman–Crippen MR) is 84.7 cm³/mol. The molecule has 3 rings (SSSR count). The van der Waals surface area contributed by atoms with Crippen molar-refractivity contribution >= 4 is 23.5 Å². The van der Waals surface area contributed by atoms with Gasteiger partial charge in [0, 0.05) is 7.05 Å². The Kier molecular flexibility index (Phi) is 4.04. The van der Waals surface area contributed by atoms with Crippen LogP contribution in [0.1, 0.15) is 17.0 Å². The molecule has 2 heterocycles. The summed E-state index contributed by atoms with van der Waals surface area (Å²) in [6.45, 7) is 0. The number of aromatic nitrogens is 3. The number of aryl methyl sites for hydroxylation is 1. The maximum atomic E-state index is 12.5. The van der Waals surface area contributed by atoms with Crippen LogP contribution >= 0.6 is 11.3 Å². The van der Waals surface area contributed by atoms with Crippen LogP contribution in [0.5, 0.6) is 0 Å². The van der Waals surface area contributed by atoms with Crippen LogP contribution in [0.15, 0.2) is 41.8 Å². The van der Waals surface area contributed by atoms with E-state index in [2.05, 4.69) is 10.1 Å². The Balaban J connectivity index is 1.79. The SMILES string of the molecule is Cn1nc(/C=C/c2ccc(C(F)(F)F)cc2)nc1-c1cccs1. The van der Waals surface area contributed by atoms with Crippen molar-refractivity contribution in [3.8, 4) is 10.7 Å². The van der Waals surface area contributed by atoms with E-state index in [0.717, 1.165) is 22.8 Å². The molecule has 0 aliphatic heterocycles. The molecule has 0 amide bonds. The number of benzene rings is 1. The maximum absolute atomic E-state index is 12.5. The lowest BCUT2D eigenvalue weighted by molar-refractivity contribution is -0.137. The topological polar surface area (TPSA) is 30.7 Å². The van der Waals surface area contributed by atoms with Gasteiger partial charge in [0.25, 0.3) is 0 Å². The fourth-order valence-electron chi connectivity index (χ4n) is 2.05. The third-order valence-electron chi connectivity index (χ3n) is 3.18. The maximum Gasteiger partial charge on any atom is 0.416 e. The number of rotatable bonds is 3. The minimum Gasteiger partial charge on any atom is -0.248 e. The van der Waals surface area contributed by atoms with Gasteiger partial charge in [-0.15, -0.1) is 11.3 Å². The van der Waals surface area contributed by atoms with Crippen LogP contribution in [-0.4, -0.2) is 14.8 Å². The Morgan fingerprint density at radius 3 is 2.43 bits per heavy atom. The molecule has 0 unspecified atom stereocenters. The molecule has 0 spiro atoms. The quantitative estimate of drug-likeness (QED) is 0.692. The molecular formula is C16H12F3N3S. The molecule has 0 saturated heterocycles. The fraction of sp³-hybridized carbons (Fsp3) is 0.125. The monoisotopic (exact) mass is 335 g/mol. The van der Waals surface area contributed by atoms with Gasteiger partial charge < -0.3 is 0 Å². The van der Waals surface area contributed by atoms with Gasteiger partial charge >= 0.3 is 6.18 Å². The second-order valence-electron chi connectivity index (χ2n) is 4.85. The molecule has 0 fully saturated rings. The molecule has 23 heavy (non-hydrogen) atoms. The Labute approximate surface area is 134 Å². The van der Waals surface area contributed by atoms with E-state index in [1.165, 1.54) is 12.1 Å². The van der Waals surface area contributed by atoms with E-state index < -0.39 is 11.7 Å². The molecular weight excluding hydrogens is 323 g/mol. The van der Waals surface area contributed by atoms with Crippen LogP contribution in [0, 0.1) is 0 Å². The molecule has 0 aliphatic carbocycles. The van der Waals surface area contributed by atoms with E-state index in [9.17, 15) is 13.2 Å². The lowest BCUT2D eigenvalue weighted by Gasteiger charge is -2.05. The number of alkyl halides is 3. The zero-order chi connectivity index (χ0) is 16.4. The third kappa shape index (κ3) is 3.50. The van der Waals surface area contributed by atoms with E-state index in [1.807, 2.05) is 17.5 Å². The molecule has 0 atom stereocenters. The highest BCUT2D eigenvalue weighted by Gasteiger charge is 2.29. The van der Waals surface area contributed by atoms with Crippen molar-refractivity contribution in [2.24, 2.45) is 7.05 Å². The van der Waals surface area contributed by atoms with Crippen molar-refractivity contribution in [3.05, 3.63) is 58.7 Å². The Bertz CT molecular complexity index is 815. The van der Waals surface area contributed by atoms with E-state index >= 15 is 0 Å². The first-order valence-electron chi connectivity index (χ1n) is 6.74. The third-order valence-corrected chi connectivity index (χ3v) is 4.05. The standard InChI is InChI=1S/C16H12F3N3S/c1-22-15(13-3-2-10-23-13)20-14(21-22)9-6-11-4-7-12(8-5-11)16(17,18)19/h2-10H,1H3/b9-6+. The van der Waals surface area contributed by atoms with E-state index in [0.29, 0.717) is 11.4 Å². The first kappa shape index (κ1) is 15.5. The zero-order valence-corrected chi connectivity index (χ0v) is 12.9. The summed E-state index contributed by atoms with van der Waals surface area (Å²) in [7, 11) is 1.80. The van der Waals surface area contributed by atoms with Crippen LogP contribution in [0.25, 0.3) is 22.9 Å². The summed E-state index contributed by atoms with van der Waals surface area (Å²) in [6, 6.07) is 8.85. The molecule has 0 saturated carbocycles.